The molecule has 0 aliphatic carbocycles. The zero-order valence-electron chi connectivity index (χ0n) is 23.4. The fourth-order valence-electron chi connectivity index (χ4n) is 5.10. The Hall–Kier alpha value is -3.47. The average Bonchev–Trinajstić information content (AvgIpc) is 3.27. The summed E-state index contributed by atoms with van der Waals surface area (Å²) < 4.78 is 1.80. The summed E-state index contributed by atoms with van der Waals surface area (Å²) in [7, 11) is 3.84. The predicted molar refractivity (Wildman–Crippen MR) is 152 cm³/mol. The number of hydrogen-bond acceptors (Lipinski definition) is 9. The van der Waals surface area contributed by atoms with Crippen molar-refractivity contribution in [3.8, 4) is 0 Å². The van der Waals surface area contributed by atoms with Crippen molar-refractivity contribution in [2.45, 2.75) is 58.9 Å². The summed E-state index contributed by atoms with van der Waals surface area (Å²) in [5.41, 5.74) is 9.94. The molecule has 11 nitrogen and oxygen atoms in total. The molecule has 0 atom stereocenters. The van der Waals surface area contributed by atoms with Gasteiger partial charge in [0.2, 0.25) is 11.9 Å². The lowest BCUT2D eigenvalue weighted by Gasteiger charge is -2.36. The normalized spacial score (nSPS) is 14.2. The number of aromatic nitrogens is 5. The molecule has 0 radical (unpaired) electrons. The summed E-state index contributed by atoms with van der Waals surface area (Å²) in [6.45, 7) is 9.90. The maximum absolute atomic E-state index is 12.4. The Morgan fingerprint density at radius 3 is 2.45 bits per heavy atom. The molecule has 3 aromatic rings. The molecule has 11 heteroatoms. The van der Waals surface area contributed by atoms with Gasteiger partial charge in [-0.05, 0) is 45.0 Å². The van der Waals surface area contributed by atoms with Crippen LogP contribution in [0, 0.1) is 6.92 Å². The van der Waals surface area contributed by atoms with Gasteiger partial charge in [0.15, 0.2) is 11.5 Å². The first kappa shape index (κ1) is 27.6. The van der Waals surface area contributed by atoms with Crippen LogP contribution in [0.3, 0.4) is 0 Å². The van der Waals surface area contributed by atoms with Crippen LogP contribution in [0.2, 0.25) is 0 Å². The number of nitrogens with zero attached hydrogens (tertiary/aromatic N) is 8. The Balaban J connectivity index is 1.46. The number of piperazine rings is 1. The number of nitrogens with two attached hydrogens (primary N) is 1. The predicted octanol–water partition coefficient (Wildman–Crippen LogP) is 2.59. The number of nitrogen functional groups attached to an aromatic ring is 1. The van der Waals surface area contributed by atoms with Gasteiger partial charge in [0.1, 0.15) is 5.82 Å². The first-order valence-electron chi connectivity index (χ1n) is 13.7. The van der Waals surface area contributed by atoms with Crippen LogP contribution < -0.4 is 16.0 Å². The molecule has 0 unspecified atom stereocenters. The lowest BCUT2D eigenvalue weighted by Crippen LogP contribution is -2.51. The molecule has 0 aromatic carbocycles. The molecule has 206 valence electrons. The zero-order valence-corrected chi connectivity index (χ0v) is 23.4. The molecule has 3 aromatic heterocycles. The van der Waals surface area contributed by atoms with Gasteiger partial charge in [0, 0.05) is 44.8 Å². The van der Waals surface area contributed by atoms with Crippen LogP contribution in [0.4, 0.5) is 17.6 Å². The third-order valence-corrected chi connectivity index (χ3v) is 6.94. The molecule has 3 N–H and O–H groups in total. The fraction of sp³-hybridized carbons (Fsp3) is 0.593. The van der Waals surface area contributed by atoms with Crippen LogP contribution in [-0.4, -0.2) is 93.1 Å². The minimum absolute atomic E-state index is 0.178. The van der Waals surface area contributed by atoms with Crippen molar-refractivity contribution in [1.82, 2.24) is 34.4 Å². The van der Waals surface area contributed by atoms with E-state index in [4.69, 9.17) is 15.8 Å². The van der Waals surface area contributed by atoms with Crippen LogP contribution in [0.15, 0.2) is 18.5 Å². The van der Waals surface area contributed by atoms with Crippen LogP contribution in [0.1, 0.15) is 56.4 Å². The van der Waals surface area contributed by atoms with E-state index in [-0.39, 0.29) is 5.91 Å². The standard InChI is InChI=1S/C27H42N10O/c1-6-8-21(9-7-2)31-27-32-24(28)26-30-17-22(37(26)33-27)15-20-14-19(3)25(29-16-20)36-12-10-35(11-13-36)23(38)18-34(4)5/h14,16-17,21H,6-13,15,18H2,1-5H3,(H3,28,31,32,33). The minimum atomic E-state index is 0.178. The third kappa shape index (κ3) is 6.50. The van der Waals surface area contributed by atoms with Crippen LogP contribution in [-0.2, 0) is 11.2 Å². The highest BCUT2D eigenvalue weighted by Crippen LogP contribution is 2.22. The van der Waals surface area contributed by atoms with Gasteiger partial charge >= 0.3 is 0 Å². The molecule has 1 aliphatic rings. The lowest BCUT2D eigenvalue weighted by molar-refractivity contribution is -0.132. The number of pyridine rings is 1. The molecule has 0 bridgehead atoms. The van der Waals surface area contributed by atoms with Gasteiger partial charge in [-0.3, -0.25) is 4.79 Å². The van der Waals surface area contributed by atoms with Gasteiger partial charge in [0.25, 0.3) is 0 Å². The van der Waals surface area contributed by atoms with Gasteiger partial charge in [-0.25, -0.2) is 14.5 Å². The number of fused-ring (bicyclic) bond motifs is 1. The molecule has 0 saturated carbocycles. The number of imidazole rings is 1. The number of amides is 1. The Morgan fingerprint density at radius 2 is 1.82 bits per heavy atom. The Kier molecular flexibility index (Phi) is 8.98. The molecular weight excluding hydrogens is 480 g/mol. The molecule has 1 aliphatic heterocycles. The van der Waals surface area contributed by atoms with E-state index in [2.05, 4.69) is 47.0 Å². The van der Waals surface area contributed by atoms with Crippen molar-refractivity contribution < 1.29 is 4.79 Å². The van der Waals surface area contributed by atoms with Gasteiger partial charge in [0.05, 0.1) is 18.4 Å². The highest BCUT2D eigenvalue weighted by Gasteiger charge is 2.23. The Bertz CT molecular complexity index is 1230. The van der Waals surface area contributed by atoms with E-state index in [1.807, 2.05) is 36.3 Å². The molecule has 1 saturated heterocycles. The largest absolute Gasteiger partial charge is 0.380 e. The maximum Gasteiger partial charge on any atom is 0.243 e. The SMILES string of the molecule is CCCC(CCC)Nc1nc(N)c2ncc(Cc3cnc(N4CCN(C(=O)CN(C)C)CC4)c(C)c3)n2n1. The van der Waals surface area contributed by atoms with E-state index < -0.39 is 0 Å². The van der Waals surface area contributed by atoms with Crippen molar-refractivity contribution in [2.75, 3.05) is 62.8 Å². The summed E-state index contributed by atoms with van der Waals surface area (Å²) in [5, 5.41) is 8.21. The third-order valence-electron chi connectivity index (χ3n) is 6.94. The van der Waals surface area contributed by atoms with E-state index in [9.17, 15) is 4.79 Å². The van der Waals surface area contributed by atoms with Gasteiger partial charge in [-0.15, -0.1) is 5.10 Å². The summed E-state index contributed by atoms with van der Waals surface area (Å²) >= 11 is 0. The first-order chi connectivity index (χ1) is 18.3. The maximum atomic E-state index is 12.4. The highest BCUT2D eigenvalue weighted by atomic mass is 16.2. The average molecular weight is 523 g/mol. The molecule has 1 amide bonds. The van der Waals surface area contributed by atoms with Gasteiger partial charge in [-0.2, -0.15) is 4.98 Å². The molecule has 1 fully saturated rings. The second-order valence-electron chi connectivity index (χ2n) is 10.5. The monoisotopic (exact) mass is 522 g/mol. The van der Waals surface area contributed by atoms with Gasteiger partial charge in [-0.1, -0.05) is 32.8 Å². The molecule has 4 rings (SSSR count). The summed E-state index contributed by atoms with van der Waals surface area (Å²) in [4.78, 5) is 32.3. The van der Waals surface area contributed by atoms with E-state index in [0.29, 0.717) is 49.5 Å². The molecule has 38 heavy (non-hydrogen) atoms. The number of carbonyl (C=O) groups excluding carboxylic acids is 1. The number of carbonyl (C=O) groups is 1. The van der Waals surface area contributed by atoms with Crippen molar-refractivity contribution in [3.63, 3.8) is 0 Å². The van der Waals surface area contributed by atoms with Crippen molar-refractivity contribution >= 4 is 29.1 Å². The van der Waals surface area contributed by atoms with Crippen LogP contribution in [0.25, 0.3) is 5.65 Å². The van der Waals surface area contributed by atoms with E-state index >= 15 is 0 Å². The topological polar surface area (TPSA) is 121 Å². The number of hydrogen-bond donors (Lipinski definition) is 2. The second-order valence-corrected chi connectivity index (χ2v) is 10.5. The quantitative estimate of drug-likeness (QED) is 0.391. The van der Waals surface area contributed by atoms with Crippen molar-refractivity contribution in [3.05, 3.63) is 35.3 Å². The van der Waals surface area contributed by atoms with E-state index in [0.717, 1.165) is 61.4 Å². The lowest BCUT2D eigenvalue weighted by atomic mass is 10.1. The smallest absolute Gasteiger partial charge is 0.243 e. The number of aryl methyl sites for hydroxylation is 1. The van der Waals surface area contributed by atoms with Crippen LogP contribution >= 0.6 is 0 Å². The summed E-state index contributed by atoms with van der Waals surface area (Å²) in [6.07, 6.45) is 8.68. The fourth-order valence-corrected chi connectivity index (χ4v) is 5.10. The van der Waals surface area contributed by atoms with Crippen molar-refractivity contribution in [2.24, 2.45) is 0 Å². The molecular formula is C27H42N10O. The minimum Gasteiger partial charge on any atom is -0.380 e. The highest BCUT2D eigenvalue weighted by molar-refractivity contribution is 5.78. The number of nitrogens with one attached hydrogen (secondary N) is 1. The number of anilines is 3. The molecule has 4 heterocycles. The van der Waals surface area contributed by atoms with E-state index in [1.54, 1.807) is 4.52 Å². The Labute approximate surface area is 225 Å². The van der Waals surface area contributed by atoms with Gasteiger partial charge < -0.3 is 25.8 Å². The molecule has 0 spiro atoms. The number of likely N-dealkylation sites (N-methyl/N-ethyl adjacent to an activating group) is 1. The second kappa shape index (κ2) is 12.4. The van der Waals surface area contributed by atoms with E-state index in [1.165, 1.54) is 0 Å². The summed E-state index contributed by atoms with van der Waals surface area (Å²) in [6, 6.07) is 2.49. The summed E-state index contributed by atoms with van der Waals surface area (Å²) in [5.74, 6) is 2.06. The van der Waals surface area contributed by atoms with Crippen molar-refractivity contribution in [1.29, 1.82) is 0 Å². The zero-order chi connectivity index (χ0) is 27.2. The first-order valence-corrected chi connectivity index (χ1v) is 13.7. The van der Waals surface area contributed by atoms with Crippen LogP contribution in [0.5, 0.6) is 0 Å². The Morgan fingerprint density at radius 1 is 1.11 bits per heavy atom. The number of rotatable bonds is 11.